The highest BCUT2D eigenvalue weighted by Crippen LogP contribution is 2.22. The molecule has 3 aromatic rings. The molecule has 0 fully saturated rings. The Balaban J connectivity index is 1.31. The van der Waals surface area contributed by atoms with Crippen LogP contribution in [0.2, 0.25) is 0 Å². The first-order valence-electron chi connectivity index (χ1n) is 8.63. The van der Waals surface area contributed by atoms with E-state index in [-0.39, 0.29) is 11.8 Å². The zero-order chi connectivity index (χ0) is 17.9. The minimum atomic E-state index is -0.191. The Morgan fingerprint density at radius 1 is 0.846 bits per heavy atom. The molecule has 0 saturated heterocycles. The van der Waals surface area contributed by atoms with Gasteiger partial charge in [0.15, 0.2) is 0 Å². The zero-order valence-electron chi connectivity index (χ0n) is 14.2. The van der Waals surface area contributed by atoms with E-state index in [1.54, 1.807) is 36.7 Å². The fourth-order valence-electron chi connectivity index (χ4n) is 3.14. The number of imide groups is 1. The fraction of sp³-hybridized carbons (Fsp3) is 0.200. The van der Waals surface area contributed by atoms with Crippen molar-refractivity contribution in [3.05, 3.63) is 72.2 Å². The highest BCUT2D eigenvalue weighted by Gasteiger charge is 2.34. The van der Waals surface area contributed by atoms with Gasteiger partial charge in [-0.2, -0.15) is 5.10 Å². The lowest BCUT2D eigenvalue weighted by molar-refractivity contribution is 0.0651. The molecule has 0 saturated carbocycles. The van der Waals surface area contributed by atoms with Gasteiger partial charge in [0.25, 0.3) is 11.8 Å². The number of hydrogen-bond donors (Lipinski definition) is 0. The quantitative estimate of drug-likeness (QED) is 0.508. The molecule has 0 N–H and O–H groups in total. The van der Waals surface area contributed by atoms with Crippen molar-refractivity contribution in [2.45, 2.75) is 19.4 Å². The standard InChI is InChI=1S/C20H18N4O2/c25-19-16-7-1-2-8-17(16)20(26)24(19)12-4-3-11-23-13-9-18(22-23)15-6-5-10-21-14-15/h1-2,5-10,13-14H,3-4,11-12H2. The van der Waals surface area contributed by atoms with Gasteiger partial charge in [0.2, 0.25) is 0 Å². The third-order valence-corrected chi connectivity index (χ3v) is 4.50. The van der Waals surface area contributed by atoms with Crippen molar-refractivity contribution >= 4 is 11.8 Å². The van der Waals surface area contributed by atoms with Crippen molar-refractivity contribution in [2.75, 3.05) is 6.54 Å². The maximum atomic E-state index is 12.3. The Hall–Kier alpha value is -3.28. The van der Waals surface area contributed by atoms with Crippen LogP contribution in [0.3, 0.4) is 0 Å². The van der Waals surface area contributed by atoms with E-state index in [4.69, 9.17) is 0 Å². The first kappa shape index (κ1) is 16.2. The molecule has 0 aliphatic carbocycles. The van der Waals surface area contributed by atoms with E-state index in [9.17, 15) is 9.59 Å². The van der Waals surface area contributed by atoms with Crippen LogP contribution in [-0.2, 0) is 6.54 Å². The molecular formula is C20H18N4O2. The number of carbonyl (C=O) groups excluding carboxylic acids is 2. The van der Waals surface area contributed by atoms with E-state index >= 15 is 0 Å². The molecule has 1 aliphatic heterocycles. The lowest BCUT2D eigenvalue weighted by atomic mass is 10.1. The Bertz CT molecular complexity index is 914. The van der Waals surface area contributed by atoms with E-state index in [1.807, 2.05) is 29.1 Å². The monoisotopic (exact) mass is 346 g/mol. The summed E-state index contributed by atoms with van der Waals surface area (Å²) in [6.45, 7) is 1.17. The number of benzene rings is 1. The molecule has 6 nitrogen and oxygen atoms in total. The number of carbonyl (C=O) groups is 2. The molecule has 2 amide bonds. The van der Waals surface area contributed by atoms with Gasteiger partial charge < -0.3 is 0 Å². The van der Waals surface area contributed by atoms with Crippen molar-refractivity contribution in [1.29, 1.82) is 0 Å². The van der Waals surface area contributed by atoms with Gasteiger partial charge in [-0.15, -0.1) is 0 Å². The average molecular weight is 346 g/mol. The van der Waals surface area contributed by atoms with Gasteiger partial charge in [0.1, 0.15) is 0 Å². The number of nitrogens with zero attached hydrogens (tertiary/aromatic N) is 4. The molecular weight excluding hydrogens is 328 g/mol. The number of aromatic nitrogens is 3. The summed E-state index contributed by atoms with van der Waals surface area (Å²) in [5, 5.41) is 4.54. The van der Waals surface area contributed by atoms with Crippen LogP contribution in [0.4, 0.5) is 0 Å². The second-order valence-electron chi connectivity index (χ2n) is 6.22. The number of hydrogen-bond acceptors (Lipinski definition) is 4. The molecule has 3 heterocycles. The Labute approximate surface area is 151 Å². The summed E-state index contributed by atoms with van der Waals surface area (Å²) < 4.78 is 1.88. The maximum Gasteiger partial charge on any atom is 0.261 e. The molecule has 130 valence electrons. The summed E-state index contributed by atoms with van der Waals surface area (Å²) in [5.74, 6) is -0.382. The van der Waals surface area contributed by atoms with Crippen LogP contribution in [0.25, 0.3) is 11.3 Å². The van der Waals surface area contributed by atoms with Crippen LogP contribution in [-0.4, -0.2) is 38.0 Å². The van der Waals surface area contributed by atoms with E-state index in [2.05, 4.69) is 10.1 Å². The number of fused-ring (bicyclic) bond motifs is 1. The Morgan fingerprint density at radius 2 is 1.58 bits per heavy atom. The van der Waals surface area contributed by atoms with E-state index in [0.717, 1.165) is 30.6 Å². The SMILES string of the molecule is O=C1c2ccccc2C(=O)N1CCCCn1ccc(-c2cccnc2)n1. The van der Waals surface area contributed by atoms with Gasteiger partial charge in [0, 0.05) is 37.2 Å². The van der Waals surface area contributed by atoms with Gasteiger partial charge in [0.05, 0.1) is 16.8 Å². The first-order chi connectivity index (χ1) is 12.7. The molecule has 2 aromatic heterocycles. The summed E-state index contributed by atoms with van der Waals surface area (Å²) in [6.07, 6.45) is 7.04. The van der Waals surface area contributed by atoms with Crippen molar-refractivity contribution in [2.24, 2.45) is 0 Å². The topological polar surface area (TPSA) is 68.1 Å². The lowest BCUT2D eigenvalue weighted by Gasteiger charge is -2.13. The minimum absolute atomic E-state index is 0.191. The molecule has 0 unspecified atom stereocenters. The second-order valence-corrected chi connectivity index (χ2v) is 6.22. The number of aryl methyl sites for hydroxylation is 1. The lowest BCUT2D eigenvalue weighted by Crippen LogP contribution is -2.30. The molecule has 0 radical (unpaired) electrons. The van der Waals surface area contributed by atoms with Gasteiger partial charge in [-0.05, 0) is 43.2 Å². The normalized spacial score (nSPS) is 13.3. The number of amides is 2. The molecule has 4 rings (SSSR count). The van der Waals surface area contributed by atoms with Crippen molar-refractivity contribution in [3.63, 3.8) is 0 Å². The van der Waals surface area contributed by atoms with Crippen LogP contribution in [0.1, 0.15) is 33.6 Å². The van der Waals surface area contributed by atoms with E-state index in [1.165, 1.54) is 4.90 Å². The van der Waals surface area contributed by atoms with E-state index in [0.29, 0.717) is 17.7 Å². The summed E-state index contributed by atoms with van der Waals surface area (Å²) in [5.41, 5.74) is 2.88. The van der Waals surface area contributed by atoms with Crippen LogP contribution in [0.5, 0.6) is 0 Å². The van der Waals surface area contributed by atoms with Crippen LogP contribution < -0.4 is 0 Å². The molecule has 0 spiro atoms. The molecule has 1 aromatic carbocycles. The van der Waals surface area contributed by atoms with Gasteiger partial charge in [-0.3, -0.25) is 24.2 Å². The number of rotatable bonds is 6. The maximum absolute atomic E-state index is 12.3. The highest BCUT2D eigenvalue weighted by atomic mass is 16.2. The molecule has 1 aliphatic rings. The van der Waals surface area contributed by atoms with E-state index < -0.39 is 0 Å². The molecule has 26 heavy (non-hydrogen) atoms. The zero-order valence-corrected chi connectivity index (χ0v) is 14.2. The van der Waals surface area contributed by atoms with Crippen molar-refractivity contribution < 1.29 is 9.59 Å². The Kier molecular flexibility index (Phi) is 4.31. The number of pyridine rings is 1. The second kappa shape index (κ2) is 6.92. The predicted molar refractivity (Wildman–Crippen MR) is 96.5 cm³/mol. The molecule has 6 heteroatoms. The molecule has 0 bridgehead atoms. The number of unbranched alkanes of at least 4 members (excludes halogenated alkanes) is 1. The van der Waals surface area contributed by atoms with Crippen molar-refractivity contribution in [3.8, 4) is 11.3 Å². The third kappa shape index (κ3) is 3.01. The van der Waals surface area contributed by atoms with Gasteiger partial charge in [-0.25, -0.2) is 0 Å². The van der Waals surface area contributed by atoms with Crippen molar-refractivity contribution in [1.82, 2.24) is 19.7 Å². The summed E-state index contributed by atoms with van der Waals surface area (Å²) in [6, 6.07) is 12.8. The predicted octanol–water partition coefficient (Wildman–Crippen LogP) is 3.02. The van der Waals surface area contributed by atoms with Crippen LogP contribution >= 0.6 is 0 Å². The molecule has 0 atom stereocenters. The average Bonchev–Trinajstić information content (AvgIpc) is 3.25. The Morgan fingerprint density at radius 3 is 2.27 bits per heavy atom. The summed E-state index contributed by atoms with van der Waals surface area (Å²) in [4.78, 5) is 30.1. The van der Waals surface area contributed by atoms with Gasteiger partial charge in [-0.1, -0.05) is 12.1 Å². The van der Waals surface area contributed by atoms with Gasteiger partial charge >= 0.3 is 0 Å². The summed E-state index contributed by atoms with van der Waals surface area (Å²) in [7, 11) is 0. The third-order valence-electron chi connectivity index (χ3n) is 4.50. The summed E-state index contributed by atoms with van der Waals surface area (Å²) >= 11 is 0. The highest BCUT2D eigenvalue weighted by molar-refractivity contribution is 6.21. The fourth-order valence-corrected chi connectivity index (χ4v) is 3.14. The minimum Gasteiger partial charge on any atom is -0.274 e. The largest absolute Gasteiger partial charge is 0.274 e. The van der Waals surface area contributed by atoms with Crippen LogP contribution in [0, 0.1) is 0 Å². The first-order valence-corrected chi connectivity index (χ1v) is 8.63. The smallest absolute Gasteiger partial charge is 0.261 e. The van der Waals surface area contributed by atoms with Crippen LogP contribution in [0.15, 0.2) is 61.1 Å².